The van der Waals surface area contributed by atoms with E-state index in [0.29, 0.717) is 69.0 Å². The van der Waals surface area contributed by atoms with Gasteiger partial charge >= 0.3 is 17.9 Å². The summed E-state index contributed by atoms with van der Waals surface area (Å²) in [6.07, 6.45) is -0.646. The predicted molar refractivity (Wildman–Crippen MR) is 139 cm³/mol. The van der Waals surface area contributed by atoms with Crippen LogP contribution in [-0.2, 0) is 17.8 Å². The first-order valence-corrected chi connectivity index (χ1v) is 13.1. The van der Waals surface area contributed by atoms with E-state index in [0.717, 1.165) is 0 Å². The monoisotopic (exact) mass is 576 g/mol. The van der Waals surface area contributed by atoms with E-state index < -0.39 is 30.7 Å². The first kappa shape index (κ1) is 26.2. The average molecular weight is 577 g/mol. The maximum Gasteiger partial charge on any atom is 0.406 e. The number of carbonyl (C=O) groups excluding carboxylic acids is 2. The second-order valence-corrected chi connectivity index (χ2v) is 10.5. The normalized spacial score (nSPS) is 18.8. The topological polar surface area (TPSA) is 132 Å². The number of imidazole rings is 1. The third-order valence-electron chi connectivity index (χ3n) is 7.55. The molecule has 0 unspecified atom stereocenters. The van der Waals surface area contributed by atoms with Gasteiger partial charge < -0.3 is 15.1 Å². The molecular weight excluding hydrogens is 553 g/mol. The van der Waals surface area contributed by atoms with Crippen molar-refractivity contribution in [3.8, 4) is 0 Å². The second kappa shape index (κ2) is 9.84. The van der Waals surface area contributed by atoms with Crippen LogP contribution in [0, 0.1) is 0 Å². The van der Waals surface area contributed by atoms with Crippen molar-refractivity contribution in [3.05, 3.63) is 57.2 Å². The van der Waals surface area contributed by atoms with Crippen molar-refractivity contribution in [2.45, 2.75) is 44.1 Å². The number of likely N-dealkylation sites (tertiary alicyclic amines) is 1. The van der Waals surface area contributed by atoms with E-state index in [4.69, 9.17) is 11.6 Å². The number of benzene rings is 1. The summed E-state index contributed by atoms with van der Waals surface area (Å²) < 4.78 is 42.0. The number of pyridine rings is 1. The molecule has 3 amide bonds. The fraction of sp³-hybridized carbons (Fsp3) is 0.400. The van der Waals surface area contributed by atoms with Gasteiger partial charge in [0.05, 0.1) is 22.3 Å². The molecule has 0 saturated carbocycles. The maximum atomic E-state index is 13.4. The number of nitrogens with one attached hydrogen (secondary N) is 3. The molecule has 11 nitrogen and oxygen atoms in total. The third-order valence-corrected chi connectivity index (χ3v) is 7.85. The lowest BCUT2D eigenvalue weighted by Gasteiger charge is -2.34. The SMILES string of the molecule is O=C(N[C@H]1Cc2cc(Cl)c3[nH]ncc3c2CN(CC(F)(F)F)C1=O)N1CCC(n2c(=O)[nH]c3ncccc32)CC1. The van der Waals surface area contributed by atoms with Crippen LogP contribution >= 0.6 is 11.6 Å². The van der Waals surface area contributed by atoms with E-state index in [9.17, 15) is 27.6 Å². The molecule has 15 heteroatoms. The van der Waals surface area contributed by atoms with E-state index in [-0.39, 0.29) is 24.7 Å². The van der Waals surface area contributed by atoms with E-state index in [1.807, 2.05) is 0 Å². The Morgan fingerprint density at radius 3 is 2.75 bits per heavy atom. The minimum absolute atomic E-state index is 0.0245. The van der Waals surface area contributed by atoms with Gasteiger partial charge in [0.25, 0.3) is 0 Å². The van der Waals surface area contributed by atoms with Gasteiger partial charge in [-0.05, 0) is 42.2 Å². The molecule has 2 aliphatic rings. The fourth-order valence-electron chi connectivity index (χ4n) is 5.70. The summed E-state index contributed by atoms with van der Waals surface area (Å²) in [5.41, 5.74) is 2.41. The van der Waals surface area contributed by atoms with Gasteiger partial charge in [-0.1, -0.05) is 11.6 Å². The van der Waals surface area contributed by atoms with Gasteiger partial charge in [0.1, 0.15) is 12.6 Å². The van der Waals surface area contributed by atoms with Crippen LogP contribution in [0.15, 0.2) is 35.4 Å². The Balaban J connectivity index is 1.21. The van der Waals surface area contributed by atoms with Crippen LogP contribution in [0.2, 0.25) is 5.02 Å². The first-order valence-electron chi connectivity index (χ1n) is 12.7. The summed E-state index contributed by atoms with van der Waals surface area (Å²) in [7, 11) is 0. The van der Waals surface area contributed by atoms with Crippen molar-refractivity contribution < 1.29 is 22.8 Å². The summed E-state index contributed by atoms with van der Waals surface area (Å²) in [4.78, 5) is 48.2. The zero-order valence-corrected chi connectivity index (χ0v) is 21.7. The van der Waals surface area contributed by atoms with Crippen molar-refractivity contribution >= 4 is 45.6 Å². The van der Waals surface area contributed by atoms with E-state index in [1.54, 1.807) is 29.0 Å². The van der Waals surface area contributed by atoms with Crippen LogP contribution in [0.25, 0.3) is 22.1 Å². The number of H-pyrrole nitrogens is 2. The Bertz CT molecular complexity index is 1670. The van der Waals surface area contributed by atoms with Crippen molar-refractivity contribution in [2.24, 2.45) is 0 Å². The molecule has 5 heterocycles. The van der Waals surface area contributed by atoms with E-state index >= 15 is 0 Å². The Hall–Kier alpha value is -4.07. The van der Waals surface area contributed by atoms with Crippen molar-refractivity contribution in [2.75, 3.05) is 19.6 Å². The molecule has 0 radical (unpaired) electrons. The largest absolute Gasteiger partial charge is 0.406 e. The highest BCUT2D eigenvalue weighted by molar-refractivity contribution is 6.35. The van der Waals surface area contributed by atoms with Gasteiger partial charge in [0.15, 0.2) is 5.65 Å². The van der Waals surface area contributed by atoms with Crippen molar-refractivity contribution in [1.29, 1.82) is 0 Å². The number of aromatic nitrogens is 5. The Morgan fingerprint density at radius 2 is 2.00 bits per heavy atom. The minimum Gasteiger partial charge on any atom is -0.327 e. The molecular formula is C25H24ClF3N8O3. The zero-order chi connectivity index (χ0) is 28.2. The highest BCUT2D eigenvalue weighted by Gasteiger charge is 2.39. The third kappa shape index (κ3) is 4.76. The van der Waals surface area contributed by atoms with Gasteiger partial charge in [0.2, 0.25) is 5.91 Å². The number of hydrogen-bond acceptors (Lipinski definition) is 5. The number of halogens is 4. The van der Waals surface area contributed by atoms with Crippen LogP contribution in [0.4, 0.5) is 18.0 Å². The number of amides is 3. The molecule has 1 atom stereocenters. The molecule has 210 valence electrons. The number of piperidine rings is 1. The number of alkyl halides is 3. The van der Waals surface area contributed by atoms with Crippen molar-refractivity contribution in [1.82, 2.24) is 39.8 Å². The lowest BCUT2D eigenvalue weighted by Crippen LogP contribution is -2.54. The Morgan fingerprint density at radius 1 is 1.23 bits per heavy atom. The van der Waals surface area contributed by atoms with Gasteiger partial charge in [-0.25, -0.2) is 14.6 Å². The molecule has 6 rings (SSSR count). The molecule has 1 saturated heterocycles. The molecule has 0 bridgehead atoms. The fourth-order valence-corrected chi connectivity index (χ4v) is 5.97. The van der Waals surface area contributed by atoms with Gasteiger partial charge in [-0.3, -0.25) is 19.4 Å². The maximum absolute atomic E-state index is 13.4. The molecule has 0 spiro atoms. The Labute approximate surface area is 229 Å². The van der Waals surface area contributed by atoms with Crippen LogP contribution in [0.1, 0.15) is 30.0 Å². The van der Waals surface area contributed by atoms with E-state index in [1.165, 1.54) is 11.1 Å². The Kier molecular flexibility index (Phi) is 6.44. The summed E-state index contributed by atoms with van der Waals surface area (Å²) in [5, 5.41) is 10.2. The number of nitrogens with zero attached hydrogens (tertiary/aromatic N) is 5. The summed E-state index contributed by atoms with van der Waals surface area (Å²) >= 11 is 6.37. The highest BCUT2D eigenvalue weighted by atomic mass is 35.5. The average Bonchev–Trinajstić information content (AvgIpc) is 3.50. The number of urea groups is 1. The van der Waals surface area contributed by atoms with Crippen LogP contribution in [0.3, 0.4) is 0 Å². The molecule has 1 fully saturated rings. The number of carbonyl (C=O) groups is 2. The standard InChI is InChI=1S/C25H24ClF3N8O3/c26-17-8-13-9-18(22(38)36(12-25(27,28)29)11-16(13)15-10-31-34-20(15)17)32-23(39)35-6-3-14(4-7-35)37-19-2-1-5-30-21(19)33-24(37)40/h1-2,5,8,10,14,18H,3-4,6-7,9,11-12H2,(H,31,34)(H,32,39)(H,30,33,40)/t18-/m0/s1. The molecule has 2 aliphatic heterocycles. The molecule has 40 heavy (non-hydrogen) atoms. The van der Waals surface area contributed by atoms with E-state index in [2.05, 4.69) is 25.5 Å². The molecule has 4 aromatic rings. The molecule has 3 aromatic heterocycles. The van der Waals surface area contributed by atoms with Crippen LogP contribution < -0.4 is 11.0 Å². The summed E-state index contributed by atoms with van der Waals surface area (Å²) in [5.74, 6) is -0.831. The number of fused-ring (bicyclic) bond motifs is 4. The highest BCUT2D eigenvalue weighted by Crippen LogP contribution is 2.33. The van der Waals surface area contributed by atoms with Gasteiger partial charge in [0, 0.05) is 43.7 Å². The zero-order valence-electron chi connectivity index (χ0n) is 21.0. The minimum atomic E-state index is -4.63. The predicted octanol–water partition coefficient (Wildman–Crippen LogP) is 3.12. The molecule has 1 aromatic carbocycles. The smallest absolute Gasteiger partial charge is 0.327 e. The van der Waals surface area contributed by atoms with Gasteiger partial charge in [-0.15, -0.1) is 0 Å². The number of hydrogen-bond donors (Lipinski definition) is 3. The summed E-state index contributed by atoms with van der Waals surface area (Å²) in [6, 6.07) is 3.18. The van der Waals surface area contributed by atoms with Crippen LogP contribution in [-0.4, -0.2) is 78.3 Å². The second-order valence-electron chi connectivity index (χ2n) is 10.1. The van der Waals surface area contributed by atoms with Crippen molar-refractivity contribution in [3.63, 3.8) is 0 Å². The quantitative estimate of drug-likeness (QED) is 0.345. The summed E-state index contributed by atoms with van der Waals surface area (Å²) in [6.45, 7) is -1.17. The van der Waals surface area contributed by atoms with Gasteiger partial charge in [-0.2, -0.15) is 18.3 Å². The number of aromatic amines is 2. The molecule has 3 N–H and O–H groups in total. The molecule has 0 aliphatic carbocycles. The lowest BCUT2D eigenvalue weighted by molar-refractivity contribution is -0.163. The number of rotatable bonds is 3. The van der Waals surface area contributed by atoms with Crippen LogP contribution in [0.5, 0.6) is 0 Å². The first-order chi connectivity index (χ1) is 19.1. The lowest BCUT2D eigenvalue weighted by atomic mass is 9.98.